The van der Waals surface area contributed by atoms with Gasteiger partial charge in [-0.15, -0.1) is 0 Å². The number of nitrogens with zero attached hydrogens (tertiary/aromatic N) is 2. The van der Waals surface area contributed by atoms with Crippen molar-refractivity contribution in [3.05, 3.63) is 75.8 Å². The first kappa shape index (κ1) is 19.9. The number of ketones is 1. The van der Waals surface area contributed by atoms with Crippen molar-refractivity contribution in [1.29, 1.82) is 0 Å². The van der Waals surface area contributed by atoms with Gasteiger partial charge in [0.2, 0.25) is 0 Å². The molecule has 6 heteroatoms. The molecule has 1 amide bonds. The van der Waals surface area contributed by atoms with Crippen LogP contribution in [0.4, 0.5) is 0 Å². The molecule has 2 aliphatic heterocycles. The number of hydrogen-bond donors (Lipinski definition) is 1. The lowest BCUT2D eigenvalue weighted by Crippen LogP contribution is -2.37. The zero-order valence-corrected chi connectivity index (χ0v) is 17.6. The fourth-order valence-corrected chi connectivity index (χ4v) is 4.56. The van der Waals surface area contributed by atoms with Crippen LogP contribution in [0.25, 0.3) is 5.76 Å². The summed E-state index contributed by atoms with van der Waals surface area (Å²) in [5, 5.41) is 11.0. The summed E-state index contributed by atoms with van der Waals surface area (Å²) < 4.78 is 0.861. The van der Waals surface area contributed by atoms with Crippen LogP contribution in [0.2, 0.25) is 0 Å². The second-order valence-corrected chi connectivity index (χ2v) is 8.38. The smallest absolute Gasteiger partial charge is 0.295 e. The highest BCUT2D eigenvalue weighted by molar-refractivity contribution is 9.10. The van der Waals surface area contributed by atoms with Gasteiger partial charge in [0.1, 0.15) is 5.76 Å². The summed E-state index contributed by atoms with van der Waals surface area (Å²) in [6.07, 6.45) is 2.34. The topological polar surface area (TPSA) is 60.9 Å². The number of amides is 1. The molecule has 0 aromatic heterocycles. The van der Waals surface area contributed by atoms with E-state index in [4.69, 9.17) is 0 Å². The third-order valence-electron chi connectivity index (χ3n) is 5.61. The number of aliphatic hydroxyl groups is 1. The largest absolute Gasteiger partial charge is 0.507 e. The van der Waals surface area contributed by atoms with Crippen LogP contribution in [-0.2, 0) is 9.59 Å². The molecule has 0 bridgehead atoms. The van der Waals surface area contributed by atoms with Gasteiger partial charge in [0.25, 0.3) is 11.7 Å². The first-order chi connectivity index (χ1) is 14.1. The zero-order valence-electron chi connectivity index (χ0n) is 16.1. The number of benzene rings is 2. The van der Waals surface area contributed by atoms with Gasteiger partial charge >= 0.3 is 0 Å². The summed E-state index contributed by atoms with van der Waals surface area (Å²) in [4.78, 5) is 29.8. The molecular formula is C23H23BrN2O3. The van der Waals surface area contributed by atoms with Crippen LogP contribution in [0.3, 0.4) is 0 Å². The van der Waals surface area contributed by atoms with Crippen LogP contribution in [0.5, 0.6) is 0 Å². The van der Waals surface area contributed by atoms with Crippen LogP contribution in [0, 0.1) is 0 Å². The Hall–Kier alpha value is -2.44. The van der Waals surface area contributed by atoms with E-state index in [2.05, 4.69) is 20.8 Å². The van der Waals surface area contributed by atoms with Gasteiger partial charge in [-0.1, -0.05) is 58.4 Å². The molecule has 0 saturated carbocycles. The number of carbonyl (C=O) groups is 2. The van der Waals surface area contributed by atoms with E-state index >= 15 is 0 Å². The molecule has 1 atom stereocenters. The summed E-state index contributed by atoms with van der Waals surface area (Å²) in [6.45, 7) is 3.22. The Morgan fingerprint density at radius 1 is 1.00 bits per heavy atom. The van der Waals surface area contributed by atoms with Gasteiger partial charge in [0.05, 0.1) is 11.6 Å². The zero-order chi connectivity index (χ0) is 20.4. The molecule has 1 N–H and O–H groups in total. The van der Waals surface area contributed by atoms with E-state index in [0.717, 1.165) is 29.7 Å². The van der Waals surface area contributed by atoms with Crippen molar-refractivity contribution in [3.8, 4) is 0 Å². The second-order valence-electron chi connectivity index (χ2n) is 7.46. The van der Waals surface area contributed by atoms with Crippen LogP contribution < -0.4 is 0 Å². The summed E-state index contributed by atoms with van der Waals surface area (Å²) in [6, 6.07) is 15.9. The van der Waals surface area contributed by atoms with Gasteiger partial charge in [-0.2, -0.15) is 0 Å². The van der Waals surface area contributed by atoms with Crippen LogP contribution in [0.15, 0.2) is 64.6 Å². The van der Waals surface area contributed by atoms with Crippen LogP contribution in [-0.4, -0.2) is 52.8 Å². The molecule has 2 heterocycles. The van der Waals surface area contributed by atoms with E-state index in [0.29, 0.717) is 12.1 Å². The van der Waals surface area contributed by atoms with Gasteiger partial charge in [0.15, 0.2) is 0 Å². The highest BCUT2D eigenvalue weighted by Crippen LogP contribution is 2.39. The molecular weight excluding hydrogens is 432 g/mol. The maximum Gasteiger partial charge on any atom is 0.295 e. The first-order valence-electron chi connectivity index (χ1n) is 9.88. The molecule has 150 valence electrons. The van der Waals surface area contributed by atoms with E-state index in [1.165, 1.54) is 12.8 Å². The molecule has 0 aliphatic carbocycles. The molecule has 2 saturated heterocycles. The average molecular weight is 455 g/mol. The second kappa shape index (κ2) is 8.51. The van der Waals surface area contributed by atoms with Gasteiger partial charge in [-0.25, -0.2) is 0 Å². The van der Waals surface area contributed by atoms with E-state index < -0.39 is 17.7 Å². The van der Waals surface area contributed by atoms with Crippen molar-refractivity contribution >= 4 is 33.4 Å². The Kier molecular flexibility index (Phi) is 5.83. The van der Waals surface area contributed by atoms with E-state index in [1.807, 2.05) is 30.3 Å². The minimum atomic E-state index is -0.627. The Bertz CT molecular complexity index is 952. The standard InChI is InChI=1S/C23H23BrN2O3/c24-18-10-6-9-17(15-18)20-19(21(27)16-7-2-1-3-8-16)22(28)23(29)26(20)14-13-25-11-4-5-12-25/h1-3,6-10,15,20,27H,4-5,11-14H2/b21-19+. The number of Topliss-reactive ketones (excluding diaryl/α,β-unsaturated/α-hetero) is 1. The molecule has 0 spiro atoms. The van der Waals surface area contributed by atoms with E-state index in [1.54, 1.807) is 29.2 Å². The third kappa shape index (κ3) is 4.00. The fraction of sp³-hybridized carbons (Fsp3) is 0.304. The molecule has 0 radical (unpaired) electrons. The lowest BCUT2D eigenvalue weighted by molar-refractivity contribution is -0.140. The quantitative estimate of drug-likeness (QED) is 0.421. The molecule has 1 unspecified atom stereocenters. The Morgan fingerprint density at radius 2 is 1.72 bits per heavy atom. The predicted molar refractivity (Wildman–Crippen MR) is 115 cm³/mol. The summed E-state index contributed by atoms with van der Waals surface area (Å²) >= 11 is 3.48. The van der Waals surface area contributed by atoms with Crippen molar-refractivity contribution in [2.75, 3.05) is 26.2 Å². The Labute approximate surface area is 178 Å². The lowest BCUT2D eigenvalue weighted by atomic mass is 9.95. The third-order valence-corrected chi connectivity index (χ3v) is 6.10. The minimum absolute atomic E-state index is 0.127. The normalized spacial score (nSPS) is 21.8. The van der Waals surface area contributed by atoms with Gasteiger partial charge < -0.3 is 14.9 Å². The van der Waals surface area contributed by atoms with Crippen LogP contribution >= 0.6 is 15.9 Å². The number of rotatable bonds is 5. The van der Waals surface area contributed by atoms with Crippen molar-refractivity contribution in [2.45, 2.75) is 18.9 Å². The molecule has 2 aromatic carbocycles. The fourth-order valence-electron chi connectivity index (χ4n) is 4.14. The molecule has 2 aromatic rings. The maximum atomic E-state index is 13.0. The number of likely N-dealkylation sites (tertiary alicyclic amines) is 2. The summed E-state index contributed by atoms with van der Waals surface area (Å²) in [7, 11) is 0. The summed E-state index contributed by atoms with van der Waals surface area (Å²) in [5.74, 6) is -1.30. The highest BCUT2D eigenvalue weighted by atomic mass is 79.9. The maximum absolute atomic E-state index is 13.0. The number of halogens is 1. The average Bonchev–Trinajstić information content (AvgIpc) is 3.34. The Balaban J connectivity index is 1.76. The van der Waals surface area contributed by atoms with Gasteiger partial charge in [-0.3, -0.25) is 9.59 Å². The molecule has 5 nitrogen and oxygen atoms in total. The molecule has 2 fully saturated rings. The van der Waals surface area contributed by atoms with Crippen molar-refractivity contribution in [1.82, 2.24) is 9.80 Å². The van der Waals surface area contributed by atoms with Crippen molar-refractivity contribution in [2.24, 2.45) is 0 Å². The van der Waals surface area contributed by atoms with Gasteiger partial charge in [-0.05, 0) is 43.6 Å². The predicted octanol–water partition coefficient (Wildman–Crippen LogP) is 3.97. The van der Waals surface area contributed by atoms with Crippen molar-refractivity contribution < 1.29 is 14.7 Å². The first-order valence-corrected chi connectivity index (χ1v) is 10.7. The monoisotopic (exact) mass is 454 g/mol. The molecule has 4 rings (SSSR count). The number of carbonyl (C=O) groups excluding carboxylic acids is 2. The molecule has 2 aliphatic rings. The van der Waals surface area contributed by atoms with Crippen LogP contribution in [0.1, 0.15) is 30.0 Å². The molecule has 29 heavy (non-hydrogen) atoms. The van der Waals surface area contributed by atoms with Crippen molar-refractivity contribution in [3.63, 3.8) is 0 Å². The lowest BCUT2D eigenvalue weighted by Gasteiger charge is -2.27. The minimum Gasteiger partial charge on any atom is -0.507 e. The number of aliphatic hydroxyl groups excluding tert-OH is 1. The van der Waals surface area contributed by atoms with Gasteiger partial charge in [0, 0.05) is 23.1 Å². The van der Waals surface area contributed by atoms with E-state index in [9.17, 15) is 14.7 Å². The van der Waals surface area contributed by atoms with E-state index in [-0.39, 0.29) is 11.3 Å². The SMILES string of the molecule is O=C1C(=O)N(CCN2CCCC2)C(c2cccc(Br)c2)/C1=C(\O)c1ccccc1. The number of hydrogen-bond acceptors (Lipinski definition) is 4. The Morgan fingerprint density at radius 3 is 2.41 bits per heavy atom. The summed E-state index contributed by atoms with van der Waals surface area (Å²) in [5.41, 5.74) is 1.49. The highest BCUT2D eigenvalue weighted by Gasteiger charge is 2.46.